The second-order valence-corrected chi connectivity index (χ2v) is 6.85. The fraction of sp³-hybridized carbons (Fsp3) is 0.174. The largest absolute Gasteiger partial charge is 0.495 e. The van der Waals surface area contributed by atoms with E-state index in [-0.39, 0.29) is 5.91 Å². The second kappa shape index (κ2) is 8.81. The average Bonchev–Trinajstić information content (AvgIpc) is 2.71. The number of aryl methyl sites for hydroxylation is 1. The molecule has 28 heavy (non-hydrogen) atoms. The monoisotopic (exact) mass is 395 g/mol. The molecule has 1 N–H and O–H groups in total. The molecule has 4 nitrogen and oxygen atoms in total. The van der Waals surface area contributed by atoms with Crippen LogP contribution in [0, 0.1) is 6.92 Å². The van der Waals surface area contributed by atoms with E-state index in [2.05, 4.69) is 5.32 Å². The Labute approximate surface area is 170 Å². The Balaban J connectivity index is 1.67. The van der Waals surface area contributed by atoms with Crippen LogP contribution in [0.3, 0.4) is 0 Å². The Morgan fingerprint density at radius 3 is 2.29 bits per heavy atom. The molecule has 0 bridgehead atoms. The van der Waals surface area contributed by atoms with Gasteiger partial charge in [-0.25, -0.2) is 0 Å². The maximum absolute atomic E-state index is 12.5. The molecule has 0 fully saturated rings. The van der Waals surface area contributed by atoms with Crippen LogP contribution in [0.25, 0.3) is 11.1 Å². The number of methoxy groups -OCH3 is 1. The molecule has 0 spiro atoms. The van der Waals surface area contributed by atoms with Gasteiger partial charge in [-0.15, -0.1) is 0 Å². The van der Waals surface area contributed by atoms with Gasteiger partial charge in [0.25, 0.3) is 5.91 Å². The van der Waals surface area contributed by atoms with Gasteiger partial charge in [0.15, 0.2) is 6.10 Å². The molecule has 0 heterocycles. The van der Waals surface area contributed by atoms with Gasteiger partial charge < -0.3 is 14.8 Å². The highest BCUT2D eigenvalue weighted by molar-refractivity contribution is 6.31. The van der Waals surface area contributed by atoms with Gasteiger partial charge in [0.05, 0.1) is 12.8 Å². The molecule has 3 aromatic rings. The van der Waals surface area contributed by atoms with Gasteiger partial charge in [0.2, 0.25) is 0 Å². The molecule has 3 rings (SSSR count). The minimum absolute atomic E-state index is 0.271. The zero-order chi connectivity index (χ0) is 20.1. The van der Waals surface area contributed by atoms with Crippen molar-refractivity contribution in [3.8, 4) is 22.6 Å². The first-order chi connectivity index (χ1) is 13.5. The Bertz CT molecular complexity index is 956. The van der Waals surface area contributed by atoms with Gasteiger partial charge in [-0.3, -0.25) is 4.79 Å². The molecule has 1 atom stereocenters. The number of hydrogen-bond donors (Lipinski definition) is 1. The van der Waals surface area contributed by atoms with Crippen molar-refractivity contribution in [2.45, 2.75) is 20.0 Å². The van der Waals surface area contributed by atoms with Crippen LogP contribution >= 0.6 is 11.6 Å². The summed E-state index contributed by atoms with van der Waals surface area (Å²) in [5, 5.41) is 3.42. The summed E-state index contributed by atoms with van der Waals surface area (Å²) in [4.78, 5) is 12.5. The molecule has 0 aliphatic carbocycles. The number of benzene rings is 3. The molecule has 3 aromatic carbocycles. The molecule has 5 heteroatoms. The Morgan fingerprint density at radius 1 is 1.00 bits per heavy atom. The van der Waals surface area contributed by atoms with Crippen LogP contribution in [0.1, 0.15) is 12.5 Å². The number of amides is 1. The minimum atomic E-state index is -0.678. The van der Waals surface area contributed by atoms with Crippen molar-refractivity contribution in [3.63, 3.8) is 0 Å². The first-order valence-electron chi connectivity index (χ1n) is 8.95. The van der Waals surface area contributed by atoms with Gasteiger partial charge in [-0.2, -0.15) is 0 Å². The number of hydrogen-bond acceptors (Lipinski definition) is 3. The van der Waals surface area contributed by atoms with Gasteiger partial charge in [0, 0.05) is 11.1 Å². The normalized spacial score (nSPS) is 11.6. The lowest BCUT2D eigenvalue weighted by atomic mass is 10.1. The number of nitrogens with one attached hydrogen (secondary N) is 1. The molecule has 0 unspecified atom stereocenters. The summed E-state index contributed by atoms with van der Waals surface area (Å²) in [5.74, 6) is 0.858. The summed E-state index contributed by atoms with van der Waals surface area (Å²) in [7, 11) is 1.53. The van der Waals surface area contributed by atoms with Crippen LogP contribution in [0.4, 0.5) is 5.69 Å². The topological polar surface area (TPSA) is 47.6 Å². The number of ether oxygens (including phenoxy) is 2. The quantitative estimate of drug-likeness (QED) is 0.579. The van der Waals surface area contributed by atoms with Crippen molar-refractivity contribution in [3.05, 3.63) is 77.3 Å². The summed E-state index contributed by atoms with van der Waals surface area (Å²) in [6.07, 6.45) is -0.678. The van der Waals surface area contributed by atoms with E-state index in [1.807, 2.05) is 61.5 Å². The van der Waals surface area contributed by atoms with Crippen molar-refractivity contribution in [2.24, 2.45) is 0 Å². The number of halogens is 1. The first kappa shape index (κ1) is 19.8. The lowest BCUT2D eigenvalue weighted by molar-refractivity contribution is -0.122. The first-order valence-corrected chi connectivity index (χ1v) is 9.33. The van der Waals surface area contributed by atoms with Crippen LogP contribution in [0.5, 0.6) is 11.5 Å². The van der Waals surface area contributed by atoms with Gasteiger partial charge >= 0.3 is 0 Å². The fourth-order valence-electron chi connectivity index (χ4n) is 2.78. The fourth-order valence-corrected chi connectivity index (χ4v) is 2.93. The lowest BCUT2D eigenvalue weighted by Gasteiger charge is -2.17. The average molecular weight is 396 g/mol. The highest BCUT2D eigenvalue weighted by Crippen LogP contribution is 2.31. The molecule has 0 saturated carbocycles. The van der Waals surface area contributed by atoms with Crippen LogP contribution < -0.4 is 14.8 Å². The molecule has 144 valence electrons. The maximum Gasteiger partial charge on any atom is 0.265 e. The lowest BCUT2D eigenvalue weighted by Crippen LogP contribution is -2.30. The summed E-state index contributed by atoms with van der Waals surface area (Å²) < 4.78 is 11.1. The van der Waals surface area contributed by atoms with Gasteiger partial charge in [-0.05, 0) is 48.7 Å². The smallest absolute Gasteiger partial charge is 0.265 e. The van der Waals surface area contributed by atoms with E-state index < -0.39 is 6.10 Å². The van der Waals surface area contributed by atoms with E-state index >= 15 is 0 Å². The van der Waals surface area contributed by atoms with E-state index in [0.717, 1.165) is 16.7 Å². The van der Waals surface area contributed by atoms with Crippen molar-refractivity contribution >= 4 is 23.2 Å². The third kappa shape index (κ3) is 4.65. The number of carbonyl (C=O) groups excluding carboxylic acids is 1. The van der Waals surface area contributed by atoms with Crippen molar-refractivity contribution in [1.29, 1.82) is 0 Å². The summed E-state index contributed by atoms with van der Waals surface area (Å²) in [5.41, 5.74) is 3.63. The predicted molar refractivity (Wildman–Crippen MR) is 113 cm³/mol. The molecule has 0 aliphatic heterocycles. The Morgan fingerprint density at radius 2 is 1.64 bits per heavy atom. The van der Waals surface area contributed by atoms with E-state index in [4.69, 9.17) is 21.1 Å². The van der Waals surface area contributed by atoms with Crippen LogP contribution in [0.15, 0.2) is 66.7 Å². The van der Waals surface area contributed by atoms with Crippen LogP contribution in [-0.4, -0.2) is 19.1 Å². The standard InChI is InChI=1S/C23H22ClNO3/c1-15-13-21(22(27-3)14-20(15)24)25-23(26)16(2)28-19-11-9-18(10-12-19)17-7-5-4-6-8-17/h4-14,16H,1-3H3,(H,25,26)/t16-/m1/s1. The van der Waals surface area contributed by atoms with Crippen molar-refractivity contribution in [1.82, 2.24) is 0 Å². The Kier molecular flexibility index (Phi) is 6.22. The number of rotatable bonds is 6. The second-order valence-electron chi connectivity index (χ2n) is 6.44. The summed E-state index contributed by atoms with van der Waals surface area (Å²) in [6, 6.07) is 21.2. The van der Waals surface area contributed by atoms with Crippen molar-refractivity contribution in [2.75, 3.05) is 12.4 Å². The molecular formula is C23H22ClNO3. The van der Waals surface area contributed by atoms with Gasteiger partial charge in [-0.1, -0.05) is 54.1 Å². The summed E-state index contributed by atoms with van der Waals surface area (Å²) >= 11 is 6.11. The molecule has 0 aromatic heterocycles. The van der Waals surface area contributed by atoms with Crippen LogP contribution in [-0.2, 0) is 4.79 Å². The molecule has 0 saturated heterocycles. The van der Waals surface area contributed by atoms with E-state index in [1.165, 1.54) is 7.11 Å². The maximum atomic E-state index is 12.5. The van der Waals surface area contributed by atoms with Crippen molar-refractivity contribution < 1.29 is 14.3 Å². The predicted octanol–water partition coefficient (Wildman–Crippen LogP) is 5.73. The third-order valence-electron chi connectivity index (χ3n) is 4.38. The molecule has 0 radical (unpaired) electrons. The Hall–Kier alpha value is -2.98. The van der Waals surface area contributed by atoms with E-state index in [0.29, 0.717) is 22.2 Å². The van der Waals surface area contributed by atoms with Gasteiger partial charge in [0.1, 0.15) is 11.5 Å². The summed E-state index contributed by atoms with van der Waals surface area (Å²) in [6.45, 7) is 3.57. The molecule has 0 aliphatic rings. The number of anilines is 1. The van der Waals surface area contributed by atoms with E-state index in [9.17, 15) is 4.79 Å². The number of carbonyl (C=O) groups is 1. The minimum Gasteiger partial charge on any atom is -0.495 e. The highest BCUT2D eigenvalue weighted by Gasteiger charge is 2.17. The third-order valence-corrected chi connectivity index (χ3v) is 4.79. The van der Waals surface area contributed by atoms with Crippen LogP contribution in [0.2, 0.25) is 5.02 Å². The zero-order valence-corrected chi connectivity index (χ0v) is 16.8. The molecule has 1 amide bonds. The highest BCUT2D eigenvalue weighted by atomic mass is 35.5. The zero-order valence-electron chi connectivity index (χ0n) is 16.0. The van der Waals surface area contributed by atoms with E-state index in [1.54, 1.807) is 19.1 Å². The molecular weight excluding hydrogens is 374 g/mol. The SMILES string of the molecule is COc1cc(Cl)c(C)cc1NC(=O)[C@@H](C)Oc1ccc(-c2ccccc2)cc1.